The lowest BCUT2D eigenvalue weighted by Gasteiger charge is -2.25. The number of aromatic nitrogens is 3. The molecule has 9 nitrogen and oxygen atoms in total. The fourth-order valence-corrected chi connectivity index (χ4v) is 6.85. The van der Waals surface area contributed by atoms with Gasteiger partial charge in [0.25, 0.3) is 5.56 Å². The lowest BCUT2D eigenvalue weighted by Crippen LogP contribution is -2.40. The van der Waals surface area contributed by atoms with Crippen LogP contribution >= 0.6 is 22.7 Å². The summed E-state index contributed by atoms with van der Waals surface area (Å²) >= 11 is 2.85. The number of rotatable bonds is 8. The van der Waals surface area contributed by atoms with Crippen LogP contribution in [0.15, 0.2) is 93.3 Å². The van der Waals surface area contributed by atoms with Gasteiger partial charge in [0.15, 0.2) is 16.3 Å². The first-order valence-electron chi connectivity index (χ1n) is 13.5. The van der Waals surface area contributed by atoms with Crippen molar-refractivity contribution in [1.29, 1.82) is 0 Å². The number of carbonyl (C=O) groups is 1. The van der Waals surface area contributed by atoms with Crippen molar-refractivity contribution < 1.29 is 19.0 Å². The van der Waals surface area contributed by atoms with Crippen LogP contribution in [0.5, 0.6) is 11.5 Å². The van der Waals surface area contributed by atoms with Gasteiger partial charge < -0.3 is 14.2 Å². The van der Waals surface area contributed by atoms with Crippen molar-refractivity contribution in [1.82, 2.24) is 14.3 Å². The van der Waals surface area contributed by atoms with Crippen LogP contribution in [0.2, 0.25) is 0 Å². The summed E-state index contributed by atoms with van der Waals surface area (Å²) < 4.78 is 20.2. The first-order chi connectivity index (χ1) is 20.9. The minimum absolute atomic E-state index is 0.190. The fourth-order valence-electron chi connectivity index (χ4n) is 5.08. The van der Waals surface area contributed by atoms with E-state index in [0.717, 1.165) is 21.8 Å². The number of methoxy groups -OCH3 is 2. The molecule has 2 aromatic carbocycles. The minimum Gasteiger partial charge on any atom is -0.493 e. The Kier molecular flexibility index (Phi) is 7.83. The highest BCUT2D eigenvalue weighted by atomic mass is 32.1. The molecule has 0 saturated heterocycles. The van der Waals surface area contributed by atoms with Crippen molar-refractivity contribution in [2.75, 3.05) is 20.8 Å². The Balaban J connectivity index is 1.56. The van der Waals surface area contributed by atoms with E-state index >= 15 is 0 Å². The van der Waals surface area contributed by atoms with Gasteiger partial charge in [-0.25, -0.2) is 14.5 Å². The average molecular weight is 613 g/mol. The van der Waals surface area contributed by atoms with Crippen LogP contribution in [0, 0.1) is 0 Å². The quantitative estimate of drug-likeness (QED) is 0.235. The van der Waals surface area contributed by atoms with Gasteiger partial charge in [-0.1, -0.05) is 41.7 Å². The normalized spacial score (nSPS) is 14.8. The Labute approximate surface area is 255 Å². The van der Waals surface area contributed by atoms with E-state index in [1.807, 2.05) is 70.9 Å². The molecule has 0 aliphatic carbocycles. The molecule has 4 heterocycles. The first kappa shape index (κ1) is 28.4. The second kappa shape index (κ2) is 11.9. The number of esters is 1. The molecule has 1 aliphatic heterocycles. The molecule has 0 spiro atoms. The molecule has 0 bridgehead atoms. The van der Waals surface area contributed by atoms with Crippen molar-refractivity contribution in [3.63, 3.8) is 0 Å². The summed E-state index contributed by atoms with van der Waals surface area (Å²) in [6.07, 6.45) is 3.77. The van der Waals surface area contributed by atoms with E-state index in [1.165, 1.54) is 11.3 Å². The summed E-state index contributed by atoms with van der Waals surface area (Å²) in [6, 6.07) is 18.4. The third-order valence-corrected chi connectivity index (χ3v) is 8.90. The Morgan fingerprint density at radius 3 is 2.53 bits per heavy atom. The molecule has 0 saturated carbocycles. The van der Waals surface area contributed by atoms with E-state index in [1.54, 1.807) is 56.1 Å². The summed E-state index contributed by atoms with van der Waals surface area (Å²) in [6.45, 7) is 3.70. The van der Waals surface area contributed by atoms with Gasteiger partial charge in [0.2, 0.25) is 0 Å². The second-order valence-corrected chi connectivity index (χ2v) is 11.6. The van der Waals surface area contributed by atoms with E-state index in [9.17, 15) is 9.59 Å². The summed E-state index contributed by atoms with van der Waals surface area (Å²) in [7, 11) is 3.10. The second-order valence-electron chi connectivity index (χ2n) is 9.61. The number of thiazole rings is 1. The van der Waals surface area contributed by atoms with Crippen molar-refractivity contribution in [3.05, 3.63) is 114 Å². The number of thiophene rings is 1. The molecule has 218 valence electrons. The summed E-state index contributed by atoms with van der Waals surface area (Å²) in [5, 5.41) is 6.87. The zero-order valence-corrected chi connectivity index (χ0v) is 25.6. The van der Waals surface area contributed by atoms with Crippen molar-refractivity contribution >= 4 is 34.7 Å². The van der Waals surface area contributed by atoms with E-state index < -0.39 is 12.0 Å². The van der Waals surface area contributed by atoms with Gasteiger partial charge in [0, 0.05) is 11.8 Å². The molecule has 11 heteroatoms. The number of carbonyl (C=O) groups excluding carboxylic acids is 1. The van der Waals surface area contributed by atoms with Gasteiger partial charge in [0.1, 0.15) is 5.69 Å². The van der Waals surface area contributed by atoms with Crippen LogP contribution in [0.4, 0.5) is 0 Å². The molecule has 0 radical (unpaired) electrons. The third kappa shape index (κ3) is 5.21. The molecule has 0 N–H and O–H groups in total. The van der Waals surface area contributed by atoms with Gasteiger partial charge in [-0.15, -0.1) is 11.3 Å². The van der Waals surface area contributed by atoms with Crippen molar-refractivity contribution in [2.24, 2.45) is 4.99 Å². The highest BCUT2D eigenvalue weighted by Gasteiger charge is 2.34. The van der Waals surface area contributed by atoms with Crippen LogP contribution in [0.1, 0.15) is 31.0 Å². The highest BCUT2D eigenvalue weighted by Crippen LogP contribution is 2.36. The van der Waals surface area contributed by atoms with Crippen LogP contribution in [-0.4, -0.2) is 41.1 Å². The van der Waals surface area contributed by atoms with E-state index in [0.29, 0.717) is 37.7 Å². The lowest BCUT2D eigenvalue weighted by atomic mass is 9.95. The van der Waals surface area contributed by atoms with Gasteiger partial charge >= 0.3 is 5.97 Å². The van der Waals surface area contributed by atoms with Crippen molar-refractivity contribution in [2.45, 2.75) is 19.9 Å². The number of fused-ring (bicyclic) bond motifs is 1. The SMILES string of the molecule is CCOC(=O)C1=C(C)N=c2s/c(=C\c3cn(-c4ccccc4)nc3-c3cccs3)c(=O)n2[C@@H]1c1ccc(OC)c(OC)c1. The van der Waals surface area contributed by atoms with Crippen LogP contribution in [0.3, 0.4) is 0 Å². The van der Waals surface area contributed by atoms with Crippen LogP contribution in [0.25, 0.3) is 22.3 Å². The number of benzene rings is 2. The largest absolute Gasteiger partial charge is 0.493 e. The Bertz CT molecular complexity index is 2020. The first-order valence-corrected chi connectivity index (χ1v) is 15.2. The average Bonchev–Trinajstić information content (AvgIpc) is 3.77. The topological polar surface area (TPSA) is 96.9 Å². The number of ether oxygens (including phenoxy) is 3. The Morgan fingerprint density at radius 1 is 1.05 bits per heavy atom. The predicted molar refractivity (Wildman–Crippen MR) is 167 cm³/mol. The smallest absolute Gasteiger partial charge is 0.338 e. The maximum absolute atomic E-state index is 14.2. The molecule has 0 amide bonds. The predicted octanol–water partition coefficient (Wildman–Crippen LogP) is 4.73. The maximum Gasteiger partial charge on any atom is 0.338 e. The zero-order valence-electron chi connectivity index (χ0n) is 23.9. The Morgan fingerprint density at radius 2 is 1.84 bits per heavy atom. The minimum atomic E-state index is -0.777. The number of para-hydroxylation sites is 1. The molecule has 43 heavy (non-hydrogen) atoms. The molecule has 6 rings (SSSR count). The maximum atomic E-state index is 14.2. The number of nitrogens with zero attached hydrogens (tertiary/aromatic N) is 4. The molecule has 1 atom stereocenters. The highest BCUT2D eigenvalue weighted by molar-refractivity contribution is 7.13. The van der Waals surface area contributed by atoms with E-state index in [-0.39, 0.29) is 12.2 Å². The molecule has 3 aromatic heterocycles. The molecular weight excluding hydrogens is 585 g/mol. The summed E-state index contributed by atoms with van der Waals surface area (Å²) in [5.41, 5.74) is 3.64. The Hall–Kier alpha value is -4.74. The lowest BCUT2D eigenvalue weighted by molar-refractivity contribution is -0.139. The molecule has 0 fully saturated rings. The van der Waals surface area contributed by atoms with Crippen molar-refractivity contribution in [3.8, 4) is 27.8 Å². The number of hydrogen-bond donors (Lipinski definition) is 0. The number of hydrogen-bond acceptors (Lipinski definition) is 9. The zero-order chi connectivity index (χ0) is 30.1. The molecular formula is C32H28N4O5S2. The molecule has 1 aliphatic rings. The molecule has 5 aromatic rings. The van der Waals surface area contributed by atoms with Gasteiger partial charge in [-0.05, 0) is 61.2 Å². The standard InChI is InChI=1S/C32H28N4O5S2/c1-5-41-31(38)27-19(2)33-32-36(29(27)20-13-14-23(39-3)24(16-20)40-4)30(37)26(43-32)17-21-18-35(22-10-7-6-8-11-22)34-28(21)25-12-9-15-42-25/h6-18,29H,5H2,1-4H3/b26-17-/t29-/m1/s1. The third-order valence-electron chi connectivity index (χ3n) is 7.04. The van der Waals surface area contributed by atoms with E-state index in [4.69, 9.17) is 24.3 Å². The fraction of sp³-hybridized carbons (Fsp3) is 0.188. The number of allylic oxidation sites excluding steroid dienone is 1. The molecule has 0 unspecified atom stereocenters. The van der Waals surface area contributed by atoms with Gasteiger partial charge in [-0.2, -0.15) is 5.10 Å². The summed E-state index contributed by atoms with van der Waals surface area (Å²) in [4.78, 5) is 33.7. The van der Waals surface area contributed by atoms with Gasteiger partial charge in [-0.3, -0.25) is 9.36 Å². The van der Waals surface area contributed by atoms with Crippen LogP contribution in [-0.2, 0) is 9.53 Å². The monoisotopic (exact) mass is 612 g/mol. The van der Waals surface area contributed by atoms with Crippen LogP contribution < -0.4 is 24.4 Å². The summed E-state index contributed by atoms with van der Waals surface area (Å²) in [5.74, 6) is 0.490. The van der Waals surface area contributed by atoms with Gasteiger partial charge in [0.05, 0.1) is 53.2 Å². The van der Waals surface area contributed by atoms with E-state index in [2.05, 4.69) is 0 Å².